The summed E-state index contributed by atoms with van der Waals surface area (Å²) in [6, 6.07) is 11.6. The first-order valence-corrected chi connectivity index (χ1v) is 7.59. The molecule has 0 saturated carbocycles. The van der Waals surface area contributed by atoms with E-state index in [1.54, 1.807) is 31.5 Å². The van der Waals surface area contributed by atoms with Gasteiger partial charge in [-0.2, -0.15) is 0 Å². The van der Waals surface area contributed by atoms with Gasteiger partial charge >= 0.3 is 6.03 Å². The molecule has 0 aliphatic rings. The summed E-state index contributed by atoms with van der Waals surface area (Å²) < 4.78 is 5.19. The van der Waals surface area contributed by atoms with Crippen LogP contribution in [0.25, 0.3) is 0 Å². The Morgan fingerprint density at radius 1 is 1.22 bits per heavy atom. The minimum absolute atomic E-state index is 0.0211. The molecule has 1 aromatic carbocycles. The lowest BCUT2D eigenvalue weighted by Crippen LogP contribution is -2.38. The second kappa shape index (κ2) is 8.29. The molecule has 2 aromatic rings. The minimum Gasteiger partial charge on any atom is -0.380 e. The van der Waals surface area contributed by atoms with E-state index >= 15 is 0 Å². The Balaban J connectivity index is 1.97. The van der Waals surface area contributed by atoms with Crippen molar-refractivity contribution in [2.75, 3.05) is 14.2 Å². The average Bonchev–Trinajstić information content (AvgIpc) is 2.60. The average molecular weight is 313 g/mol. The van der Waals surface area contributed by atoms with E-state index in [2.05, 4.69) is 10.3 Å². The van der Waals surface area contributed by atoms with Crippen LogP contribution in [0.4, 0.5) is 4.79 Å². The highest BCUT2D eigenvalue weighted by Gasteiger charge is 2.17. The molecule has 1 atom stereocenters. The zero-order valence-electron chi connectivity index (χ0n) is 13.8. The van der Waals surface area contributed by atoms with E-state index in [-0.39, 0.29) is 12.1 Å². The molecular weight excluding hydrogens is 290 g/mol. The summed E-state index contributed by atoms with van der Waals surface area (Å²) in [4.78, 5) is 18.1. The molecule has 0 saturated heterocycles. The van der Waals surface area contributed by atoms with Crippen LogP contribution in [0.3, 0.4) is 0 Å². The van der Waals surface area contributed by atoms with Gasteiger partial charge in [0.2, 0.25) is 0 Å². The summed E-state index contributed by atoms with van der Waals surface area (Å²) in [6.07, 6.45) is 3.47. The van der Waals surface area contributed by atoms with Crippen LogP contribution in [0, 0.1) is 0 Å². The van der Waals surface area contributed by atoms with Gasteiger partial charge in [0.25, 0.3) is 0 Å². The van der Waals surface area contributed by atoms with Gasteiger partial charge in [-0.05, 0) is 35.7 Å². The molecule has 1 N–H and O–H groups in total. The number of ether oxygens (including phenoxy) is 1. The van der Waals surface area contributed by atoms with Gasteiger partial charge in [0.15, 0.2) is 0 Å². The number of hydrogen-bond acceptors (Lipinski definition) is 3. The molecule has 5 heteroatoms. The molecule has 2 rings (SSSR count). The van der Waals surface area contributed by atoms with E-state index in [0.29, 0.717) is 13.2 Å². The van der Waals surface area contributed by atoms with Crippen LogP contribution in [0.1, 0.15) is 29.7 Å². The molecular formula is C18H23N3O2. The SMILES string of the molecule is COCc1ccccc1CNC(=O)N(C)C(C)c1ccncc1. The van der Waals surface area contributed by atoms with E-state index < -0.39 is 0 Å². The van der Waals surface area contributed by atoms with Gasteiger partial charge in [-0.3, -0.25) is 4.98 Å². The Morgan fingerprint density at radius 3 is 2.52 bits per heavy atom. The van der Waals surface area contributed by atoms with Crippen LogP contribution in [-0.4, -0.2) is 30.1 Å². The zero-order chi connectivity index (χ0) is 16.7. The Kier molecular flexibility index (Phi) is 6.11. The predicted molar refractivity (Wildman–Crippen MR) is 89.8 cm³/mol. The first kappa shape index (κ1) is 17.0. The number of benzene rings is 1. The van der Waals surface area contributed by atoms with Crippen LogP contribution in [0.5, 0.6) is 0 Å². The minimum atomic E-state index is -0.110. The quantitative estimate of drug-likeness (QED) is 0.891. The predicted octanol–water partition coefficient (Wildman–Crippen LogP) is 3.13. The third-order valence-corrected chi connectivity index (χ3v) is 3.94. The highest BCUT2D eigenvalue weighted by Crippen LogP contribution is 2.17. The third-order valence-electron chi connectivity index (χ3n) is 3.94. The molecule has 0 aliphatic carbocycles. The fraction of sp³-hybridized carbons (Fsp3) is 0.333. The number of hydrogen-bond donors (Lipinski definition) is 1. The number of urea groups is 1. The van der Waals surface area contributed by atoms with Gasteiger partial charge in [-0.25, -0.2) is 4.79 Å². The van der Waals surface area contributed by atoms with Crippen molar-refractivity contribution in [1.29, 1.82) is 0 Å². The number of carbonyl (C=O) groups excluding carboxylic acids is 1. The lowest BCUT2D eigenvalue weighted by molar-refractivity contribution is 0.183. The van der Waals surface area contributed by atoms with Crippen LogP contribution in [-0.2, 0) is 17.9 Å². The maximum absolute atomic E-state index is 12.4. The van der Waals surface area contributed by atoms with Crippen LogP contribution >= 0.6 is 0 Å². The summed E-state index contributed by atoms with van der Waals surface area (Å²) in [5.41, 5.74) is 3.20. The smallest absolute Gasteiger partial charge is 0.317 e. The molecule has 122 valence electrons. The number of nitrogens with zero attached hydrogens (tertiary/aromatic N) is 2. The standard InChI is InChI=1S/C18H23N3O2/c1-14(15-8-10-19-11-9-15)21(2)18(22)20-12-16-6-4-5-7-17(16)13-23-3/h4-11,14H,12-13H2,1-3H3,(H,20,22). The van der Waals surface area contributed by atoms with Crippen molar-refractivity contribution in [3.63, 3.8) is 0 Å². The summed E-state index contributed by atoms with van der Waals surface area (Å²) in [5, 5.41) is 2.96. The first-order valence-electron chi connectivity index (χ1n) is 7.59. The normalized spacial score (nSPS) is 11.8. The number of nitrogens with one attached hydrogen (secondary N) is 1. The molecule has 1 aromatic heterocycles. The van der Waals surface area contributed by atoms with Crippen molar-refractivity contribution in [2.45, 2.75) is 26.1 Å². The van der Waals surface area contributed by atoms with Crippen molar-refractivity contribution in [3.8, 4) is 0 Å². The lowest BCUT2D eigenvalue weighted by atomic mass is 10.1. The maximum Gasteiger partial charge on any atom is 0.317 e. The van der Waals surface area contributed by atoms with Crippen LogP contribution in [0.15, 0.2) is 48.8 Å². The molecule has 0 fully saturated rings. The number of carbonyl (C=O) groups is 1. The Bertz CT molecular complexity index is 631. The maximum atomic E-state index is 12.4. The van der Waals surface area contributed by atoms with Crippen molar-refractivity contribution in [1.82, 2.24) is 15.2 Å². The van der Waals surface area contributed by atoms with Crippen molar-refractivity contribution in [3.05, 3.63) is 65.5 Å². The molecule has 1 heterocycles. The van der Waals surface area contributed by atoms with Gasteiger partial charge in [0.05, 0.1) is 12.6 Å². The third kappa shape index (κ3) is 4.53. The molecule has 1 unspecified atom stereocenters. The molecule has 0 spiro atoms. The number of pyridine rings is 1. The Morgan fingerprint density at radius 2 is 1.87 bits per heavy atom. The van der Waals surface area contributed by atoms with E-state index in [9.17, 15) is 4.79 Å². The van der Waals surface area contributed by atoms with E-state index in [4.69, 9.17) is 4.74 Å². The second-order valence-corrected chi connectivity index (χ2v) is 5.43. The van der Waals surface area contributed by atoms with Gasteiger partial charge in [0.1, 0.15) is 0 Å². The van der Waals surface area contributed by atoms with E-state index in [1.807, 2.05) is 43.3 Å². The molecule has 5 nitrogen and oxygen atoms in total. The monoisotopic (exact) mass is 313 g/mol. The molecule has 2 amide bonds. The Labute approximate surface area is 137 Å². The largest absolute Gasteiger partial charge is 0.380 e. The fourth-order valence-electron chi connectivity index (χ4n) is 2.36. The summed E-state index contributed by atoms with van der Waals surface area (Å²) in [5.74, 6) is 0. The first-order chi connectivity index (χ1) is 11.1. The Hall–Kier alpha value is -2.40. The van der Waals surface area contributed by atoms with Crippen molar-refractivity contribution >= 4 is 6.03 Å². The summed E-state index contributed by atoms with van der Waals surface area (Å²) >= 11 is 0. The number of methoxy groups -OCH3 is 1. The van der Waals surface area contributed by atoms with Gasteiger partial charge < -0.3 is 15.0 Å². The highest BCUT2D eigenvalue weighted by atomic mass is 16.5. The summed E-state index contributed by atoms with van der Waals surface area (Å²) in [7, 11) is 3.46. The summed E-state index contributed by atoms with van der Waals surface area (Å²) in [6.45, 7) is 3.01. The number of rotatable bonds is 6. The zero-order valence-corrected chi connectivity index (χ0v) is 13.8. The lowest BCUT2D eigenvalue weighted by Gasteiger charge is -2.25. The van der Waals surface area contributed by atoms with Gasteiger partial charge in [-0.15, -0.1) is 0 Å². The highest BCUT2D eigenvalue weighted by molar-refractivity contribution is 5.74. The van der Waals surface area contributed by atoms with Crippen molar-refractivity contribution < 1.29 is 9.53 Å². The van der Waals surface area contributed by atoms with Crippen LogP contribution < -0.4 is 5.32 Å². The molecule has 0 aliphatic heterocycles. The van der Waals surface area contributed by atoms with Gasteiger partial charge in [0, 0.05) is 33.1 Å². The van der Waals surface area contributed by atoms with E-state index in [0.717, 1.165) is 16.7 Å². The van der Waals surface area contributed by atoms with Crippen molar-refractivity contribution in [2.24, 2.45) is 0 Å². The molecule has 0 bridgehead atoms. The molecule has 23 heavy (non-hydrogen) atoms. The van der Waals surface area contributed by atoms with Crippen LogP contribution in [0.2, 0.25) is 0 Å². The second-order valence-electron chi connectivity index (χ2n) is 5.43. The van der Waals surface area contributed by atoms with E-state index in [1.165, 1.54) is 0 Å². The number of amides is 2. The fourth-order valence-corrected chi connectivity index (χ4v) is 2.36. The van der Waals surface area contributed by atoms with Gasteiger partial charge in [-0.1, -0.05) is 24.3 Å². The topological polar surface area (TPSA) is 54.5 Å². The molecule has 0 radical (unpaired) electrons. The number of aromatic nitrogens is 1.